The highest BCUT2D eigenvalue weighted by Crippen LogP contribution is 2.34. The van der Waals surface area contributed by atoms with Crippen LogP contribution in [0.3, 0.4) is 0 Å². The van der Waals surface area contributed by atoms with E-state index in [1.54, 1.807) is 4.90 Å². The van der Waals surface area contributed by atoms with E-state index in [-0.39, 0.29) is 21.3 Å². The van der Waals surface area contributed by atoms with Gasteiger partial charge in [0.05, 0.1) is 16.7 Å². The van der Waals surface area contributed by atoms with Crippen LogP contribution in [-0.2, 0) is 10.0 Å². The predicted molar refractivity (Wildman–Crippen MR) is 128 cm³/mol. The second kappa shape index (κ2) is 9.42. The van der Waals surface area contributed by atoms with Crippen molar-refractivity contribution in [3.8, 4) is 28.8 Å². The first kappa shape index (κ1) is 23.1. The van der Waals surface area contributed by atoms with E-state index in [9.17, 15) is 13.7 Å². The summed E-state index contributed by atoms with van der Waals surface area (Å²) in [5.41, 5.74) is 2.48. The Kier molecular flexibility index (Phi) is 6.40. The van der Waals surface area contributed by atoms with Crippen LogP contribution in [0, 0.1) is 18.3 Å². The van der Waals surface area contributed by atoms with E-state index < -0.39 is 10.0 Å². The molecule has 2 aromatic heterocycles. The van der Waals surface area contributed by atoms with Crippen molar-refractivity contribution in [2.24, 2.45) is 0 Å². The highest BCUT2D eigenvalue weighted by Gasteiger charge is 2.20. The average molecular weight is 494 g/mol. The molecular formula is C22H19N7O3S2. The summed E-state index contributed by atoms with van der Waals surface area (Å²) in [5, 5.41) is 9.80. The molecule has 0 aliphatic rings. The molecule has 0 aliphatic carbocycles. The molecule has 2 aromatic carbocycles. The highest BCUT2D eigenvalue weighted by molar-refractivity contribution is 7.93. The molecule has 34 heavy (non-hydrogen) atoms. The molecule has 4 aromatic rings. The number of nitriles is 1. The minimum Gasteiger partial charge on any atom is -0.452 e. The van der Waals surface area contributed by atoms with Crippen LogP contribution >= 0.6 is 11.5 Å². The number of benzene rings is 2. The van der Waals surface area contributed by atoms with E-state index >= 15 is 0 Å². The number of sulfonamides is 1. The summed E-state index contributed by atoms with van der Waals surface area (Å²) in [4.78, 5) is 14.4. The molecule has 172 valence electrons. The summed E-state index contributed by atoms with van der Waals surface area (Å²) >= 11 is 0.904. The normalized spacial score (nSPS) is 11.0. The fraction of sp³-hybridized carbons (Fsp3) is 0.136. The molecule has 0 saturated heterocycles. The first-order valence-corrected chi connectivity index (χ1v) is 12.2. The van der Waals surface area contributed by atoms with Gasteiger partial charge in [-0.25, -0.2) is 23.4 Å². The van der Waals surface area contributed by atoms with Crippen LogP contribution < -0.4 is 14.4 Å². The lowest BCUT2D eigenvalue weighted by Crippen LogP contribution is -2.13. The highest BCUT2D eigenvalue weighted by atomic mass is 32.2. The number of aromatic nitrogens is 4. The van der Waals surface area contributed by atoms with Gasteiger partial charge in [-0.15, -0.1) is 0 Å². The van der Waals surface area contributed by atoms with E-state index in [2.05, 4.69) is 24.0 Å². The molecule has 1 N–H and O–H groups in total. The van der Waals surface area contributed by atoms with Crippen molar-refractivity contribution < 1.29 is 13.2 Å². The standard InChI is InChI=1S/C22H19N7O3S2/c1-14-4-6-15(7-5-14)20-19(12-24-21(27-20)29(2)3)32-18-9-8-17(10-16(18)11-23)34(30,31)28-22-25-13-26-33-22/h4-10,12-13H,1-3H3,(H,25,26,28). The summed E-state index contributed by atoms with van der Waals surface area (Å²) in [6.45, 7) is 1.99. The summed E-state index contributed by atoms with van der Waals surface area (Å²) in [6, 6.07) is 13.8. The topological polar surface area (TPSA) is 134 Å². The van der Waals surface area contributed by atoms with E-state index in [1.807, 2.05) is 51.4 Å². The Balaban J connectivity index is 1.71. The smallest absolute Gasteiger partial charge is 0.263 e. The Morgan fingerprint density at radius 3 is 2.50 bits per heavy atom. The van der Waals surface area contributed by atoms with Gasteiger partial charge in [0.2, 0.25) is 11.1 Å². The molecule has 0 fully saturated rings. The van der Waals surface area contributed by atoms with Crippen molar-refractivity contribution in [2.45, 2.75) is 11.8 Å². The van der Waals surface area contributed by atoms with Gasteiger partial charge in [0.1, 0.15) is 23.8 Å². The number of anilines is 2. The third-order valence-corrected chi connectivity index (χ3v) is 6.70. The van der Waals surface area contributed by atoms with E-state index in [4.69, 9.17) is 4.74 Å². The number of hydrogen-bond acceptors (Lipinski definition) is 10. The monoisotopic (exact) mass is 493 g/mol. The lowest BCUT2D eigenvalue weighted by Gasteiger charge is -2.16. The molecule has 0 aliphatic heterocycles. The zero-order valence-corrected chi connectivity index (χ0v) is 20.1. The SMILES string of the molecule is Cc1ccc(-c2nc(N(C)C)ncc2Oc2ccc(S(=O)(=O)Nc3ncns3)cc2C#N)cc1. The van der Waals surface area contributed by atoms with E-state index in [0.29, 0.717) is 17.4 Å². The quantitative estimate of drug-likeness (QED) is 0.407. The number of nitrogens with zero attached hydrogens (tertiary/aromatic N) is 6. The van der Waals surface area contributed by atoms with Gasteiger partial charge in [-0.2, -0.15) is 9.64 Å². The van der Waals surface area contributed by atoms with Crippen molar-refractivity contribution in [3.63, 3.8) is 0 Å². The van der Waals surface area contributed by atoms with Gasteiger partial charge in [-0.05, 0) is 25.1 Å². The predicted octanol–water partition coefficient (Wildman–Crippen LogP) is 3.83. The molecule has 0 amide bonds. The van der Waals surface area contributed by atoms with Crippen LogP contribution in [0.25, 0.3) is 11.3 Å². The van der Waals surface area contributed by atoms with Gasteiger partial charge in [-0.3, -0.25) is 4.72 Å². The van der Waals surface area contributed by atoms with Gasteiger partial charge in [-0.1, -0.05) is 29.8 Å². The molecule has 4 rings (SSSR count). The molecule has 10 nitrogen and oxygen atoms in total. The number of aryl methyl sites for hydroxylation is 1. The Morgan fingerprint density at radius 2 is 1.85 bits per heavy atom. The summed E-state index contributed by atoms with van der Waals surface area (Å²) in [7, 11) is -0.293. The molecule has 0 saturated carbocycles. The van der Waals surface area contributed by atoms with Crippen molar-refractivity contribution in [3.05, 3.63) is 66.1 Å². The molecule has 0 bridgehead atoms. The second-order valence-corrected chi connectivity index (χ2v) is 9.83. The molecule has 2 heterocycles. The van der Waals surface area contributed by atoms with Crippen LogP contribution in [-0.4, -0.2) is 41.8 Å². The van der Waals surface area contributed by atoms with Gasteiger partial charge in [0, 0.05) is 31.2 Å². The Hall–Kier alpha value is -4.08. The average Bonchev–Trinajstić information content (AvgIpc) is 3.32. The molecular weight excluding hydrogens is 474 g/mol. The first-order chi connectivity index (χ1) is 16.3. The molecule has 0 unspecified atom stereocenters. The number of hydrogen-bond donors (Lipinski definition) is 1. The Morgan fingerprint density at radius 1 is 1.09 bits per heavy atom. The van der Waals surface area contributed by atoms with Crippen LogP contribution in [0.5, 0.6) is 11.5 Å². The Labute approximate surface area is 200 Å². The molecule has 0 radical (unpaired) electrons. The largest absolute Gasteiger partial charge is 0.452 e. The van der Waals surface area contributed by atoms with Crippen LogP contribution in [0.4, 0.5) is 11.1 Å². The lowest BCUT2D eigenvalue weighted by atomic mass is 10.1. The number of rotatable bonds is 7. The lowest BCUT2D eigenvalue weighted by molar-refractivity contribution is 0.477. The van der Waals surface area contributed by atoms with Crippen molar-refractivity contribution >= 4 is 32.6 Å². The van der Waals surface area contributed by atoms with Crippen LogP contribution in [0.15, 0.2) is 59.9 Å². The fourth-order valence-electron chi connectivity index (χ4n) is 2.93. The summed E-state index contributed by atoms with van der Waals surface area (Å²) in [6.07, 6.45) is 2.77. The summed E-state index contributed by atoms with van der Waals surface area (Å²) in [5.74, 6) is 0.994. The fourth-order valence-corrected chi connectivity index (χ4v) is 4.62. The minimum absolute atomic E-state index is 0.0340. The number of ether oxygens (including phenoxy) is 1. The van der Waals surface area contributed by atoms with Gasteiger partial charge >= 0.3 is 0 Å². The number of nitrogens with one attached hydrogen (secondary N) is 1. The maximum atomic E-state index is 12.7. The molecule has 0 spiro atoms. The third kappa shape index (κ3) is 4.95. The van der Waals surface area contributed by atoms with Crippen LogP contribution in [0.2, 0.25) is 0 Å². The molecule has 12 heteroatoms. The zero-order valence-electron chi connectivity index (χ0n) is 18.4. The third-order valence-electron chi connectivity index (χ3n) is 4.65. The summed E-state index contributed by atoms with van der Waals surface area (Å²) < 4.78 is 37.4. The van der Waals surface area contributed by atoms with Gasteiger partial charge in [0.15, 0.2) is 5.75 Å². The van der Waals surface area contributed by atoms with Gasteiger partial charge in [0.25, 0.3) is 10.0 Å². The maximum Gasteiger partial charge on any atom is 0.263 e. The van der Waals surface area contributed by atoms with E-state index in [0.717, 1.165) is 22.7 Å². The first-order valence-electron chi connectivity index (χ1n) is 9.90. The van der Waals surface area contributed by atoms with Crippen molar-refractivity contribution in [1.82, 2.24) is 19.3 Å². The van der Waals surface area contributed by atoms with Crippen LogP contribution in [0.1, 0.15) is 11.1 Å². The van der Waals surface area contributed by atoms with Crippen molar-refractivity contribution in [1.29, 1.82) is 5.26 Å². The van der Waals surface area contributed by atoms with E-state index in [1.165, 1.54) is 30.7 Å². The minimum atomic E-state index is -3.95. The molecule has 0 atom stereocenters. The Bertz CT molecular complexity index is 1460. The zero-order chi connectivity index (χ0) is 24.3. The second-order valence-electron chi connectivity index (χ2n) is 7.37. The van der Waals surface area contributed by atoms with Gasteiger partial charge < -0.3 is 9.64 Å². The maximum absolute atomic E-state index is 12.7. The van der Waals surface area contributed by atoms with Crippen molar-refractivity contribution in [2.75, 3.05) is 23.7 Å².